The fourth-order valence-electron chi connectivity index (χ4n) is 3.14. The summed E-state index contributed by atoms with van der Waals surface area (Å²) in [6.07, 6.45) is 0. The third-order valence-corrected chi connectivity index (χ3v) is 5.12. The maximum Gasteiger partial charge on any atom is 0.341 e. The van der Waals surface area contributed by atoms with Gasteiger partial charge in [-0.15, -0.1) is 0 Å². The van der Waals surface area contributed by atoms with E-state index in [4.69, 9.17) is 14.2 Å². The van der Waals surface area contributed by atoms with Crippen LogP contribution in [-0.2, 0) is 19.1 Å². The molecular formula is C29H24F2O6. The van der Waals surface area contributed by atoms with Crippen LogP contribution >= 0.6 is 0 Å². The first-order chi connectivity index (χ1) is 17.6. The van der Waals surface area contributed by atoms with Crippen LogP contribution in [0.3, 0.4) is 0 Å². The van der Waals surface area contributed by atoms with Gasteiger partial charge in [0.15, 0.2) is 11.6 Å². The predicted molar refractivity (Wildman–Crippen MR) is 134 cm³/mol. The number of hydrogen-bond donors (Lipinski definition) is 0. The molecule has 0 atom stereocenters. The van der Waals surface area contributed by atoms with Crippen LogP contribution in [0.2, 0.25) is 0 Å². The molecule has 3 aromatic rings. The average Bonchev–Trinajstić information content (AvgIpc) is 2.87. The van der Waals surface area contributed by atoms with Gasteiger partial charge in [0.25, 0.3) is 0 Å². The Bertz CT molecular complexity index is 1380. The monoisotopic (exact) mass is 506 g/mol. The molecule has 0 amide bonds. The van der Waals surface area contributed by atoms with Crippen molar-refractivity contribution in [3.63, 3.8) is 0 Å². The Morgan fingerprint density at radius 2 is 1.16 bits per heavy atom. The first-order valence-electron chi connectivity index (χ1n) is 11.1. The lowest BCUT2D eigenvalue weighted by Crippen LogP contribution is -2.15. The van der Waals surface area contributed by atoms with Gasteiger partial charge in [0.1, 0.15) is 19.0 Å². The van der Waals surface area contributed by atoms with Gasteiger partial charge >= 0.3 is 17.9 Å². The van der Waals surface area contributed by atoms with Gasteiger partial charge in [0, 0.05) is 11.1 Å². The SMILES string of the molecule is C=C(C)C(=O)OCCOC(=O)c1ccc(-c2ccc(-c3ccc(OC(=O)C(=C)C)c(F)c3)cc2)cc1F. The van der Waals surface area contributed by atoms with Crippen LogP contribution in [0.1, 0.15) is 24.2 Å². The Hall–Kier alpha value is -4.59. The molecule has 0 aromatic heterocycles. The molecule has 0 unspecified atom stereocenters. The first kappa shape index (κ1) is 27.0. The quantitative estimate of drug-likeness (QED) is 0.152. The summed E-state index contributed by atoms with van der Waals surface area (Å²) in [5.41, 5.74) is 2.54. The lowest BCUT2D eigenvalue weighted by molar-refractivity contribution is -0.140. The van der Waals surface area contributed by atoms with Gasteiger partial charge in [-0.3, -0.25) is 0 Å². The van der Waals surface area contributed by atoms with Crippen molar-refractivity contribution >= 4 is 17.9 Å². The topological polar surface area (TPSA) is 78.9 Å². The molecule has 3 rings (SSSR count). The van der Waals surface area contributed by atoms with Crippen LogP contribution in [0.25, 0.3) is 22.3 Å². The van der Waals surface area contributed by atoms with E-state index in [-0.39, 0.29) is 35.7 Å². The number of rotatable bonds is 9. The number of carbonyl (C=O) groups is 3. The van der Waals surface area contributed by atoms with Crippen LogP contribution in [-0.4, -0.2) is 31.1 Å². The van der Waals surface area contributed by atoms with Gasteiger partial charge in [-0.2, -0.15) is 0 Å². The number of carbonyl (C=O) groups excluding carboxylic acids is 3. The fourth-order valence-corrected chi connectivity index (χ4v) is 3.14. The highest BCUT2D eigenvalue weighted by molar-refractivity contribution is 5.91. The Labute approximate surface area is 212 Å². The van der Waals surface area contributed by atoms with Crippen LogP contribution in [0.4, 0.5) is 8.78 Å². The van der Waals surface area contributed by atoms with Crippen molar-refractivity contribution < 1.29 is 37.4 Å². The van der Waals surface area contributed by atoms with Crippen molar-refractivity contribution in [2.75, 3.05) is 13.2 Å². The number of benzene rings is 3. The van der Waals surface area contributed by atoms with E-state index >= 15 is 0 Å². The molecule has 0 bridgehead atoms. The van der Waals surface area contributed by atoms with E-state index in [1.807, 2.05) is 0 Å². The zero-order valence-corrected chi connectivity index (χ0v) is 20.3. The second-order valence-corrected chi connectivity index (χ2v) is 8.14. The highest BCUT2D eigenvalue weighted by Crippen LogP contribution is 2.29. The summed E-state index contributed by atoms with van der Waals surface area (Å²) in [6, 6.07) is 15.2. The molecule has 0 N–H and O–H groups in total. The number of ether oxygens (including phenoxy) is 3. The molecule has 0 saturated heterocycles. The largest absolute Gasteiger partial charge is 0.459 e. The van der Waals surface area contributed by atoms with Crippen LogP contribution < -0.4 is 4.74 Å². The standard InChI is InChI=1S/C29H24F2O6/c1-17(2)27(32)35-13-14-36-29(34)23-11-9-21(15-24(23)30)19-5-7-20(8-6-19)22-10-12-26(25(31)16-22)37-28(33)18(3)4/h5-12,15-16H,1,3,13-14H2,2,4H3. The lowest BCUT2D eigenvalue weighted by Gasteiger charge is -2.10. The minimum atomic E-state index is -0.884. The molecule has 0 aliphatic heterocycles. The summed E-state index contributed by atoms with van der Waals surface area (Å²) in [5, 5.41) is 0. The number of hydrogen-bond acceptors (Lipinski definition) is 6. The maximum atomic E-state index is 14.6. The molecule has 0 heterocycles. The summed E-state index contributed by atoms with van der Waals surface area (Å²) in [6.45, 7) is 9.46. The molecular weight excluding hydrogens is 482 g/mol. The maximum absolute atomic E-state index is 14.6. The zero-order valence-electron chi connectivity index (χ0n) is 20.3. The molecule has 8 heteroatoms. The second-order valence-electron chi connectivity index (χ2n) is 8.14. The van der Waals surface area contributed by atoms with E-state index in [9.17, 15) is 23.2 Å². The van der Waals surface area contributed by atoms with Crippen LogP contribution in [0.15, 0.2) is 85.0 Å². The fraction of sp³-hybridized carbons (Fsp3) is 0.138. The smallest absolute Gasteiger partial charge is 0.341 e. The Kier molecular flexibility index (Phi) is 8.68. The van der Waals surface area contributed by atoms with Crippen LogP contribution in [0, 0.1) is 11.6 Å². The lowest BCUT2D eigenvalue weighted by atomic mass is 9.99. The van der Waals surface area contributed by atoms with Crippen LogP contribution in [0.5, 0.6) is 5.75 Å². The van der Waals surface area contributed by atoms with Crippen molar-refractivity contribution in [2.24, 2.45) is 0 Å². The molecule has 0 fully saturated rings. The molecule has 0 aliphatic carbocycles. The third kappa shape index (κ3) is 6.98. The predicted octanol–water partition coefficient (Wildman–Crippen LogP) is 6.06. The molecule has 6 nitrogen and oxygen atoms in total. The number of esters is 3. The highest BCUT2D eigenvalue weighted by Gasteiger charge is 2.15. The van der Waals surface area contributed by atoms with Gasteiger partial charge < -0.3 is 14.2 Å². The van der Waals surface area contributed by atoms with E-state index in [1.54, 1.807) is 36.4 Å². The highest BCUT2D eigenvalue weighted by atomic mass is 19.1. The van der Waals surface area contributed by atoms with Gasteiger partial charge in [-0.05, 0) is 60.4 Å². The molecule has 37 heavy (non-hydrogen) atoms. The summed E-state index contributed by atoms with van der Waals surface area (Å²) in [7, 11) is 0. The summed E-state index contributed by atoms with van der Waals surface area (Å²) < 4.78 is 43.7. The van der Waals surface area contributed by atoms with Gasteiger partial charge in [-0.25, -0.2) is 23.2 Å². The molecule has 0 saturated carbocycles. The second kappa shape index (κ2) is 11.9. The Morgan fingerprint density at radius 3 is 1.68 bits per heavy atom. The van der Waals surface area contributed by atoms with Crippen molar-refractivity contribution in [2.45, 2.75) is 13.8 Å². The van der Waals surface area contributed by atoms with Gasteiger partial charge in [0.2, 0.25) is 0 Å². The number of halogens is 2. The van der Waals surface area contributed by atoms with E-state index in [0.717, 1.165) is 0 Å². The van der Waals surface area contributed by atoms with Gasteiger partial charge in [0.05, 0.1) is 5.56 Å². The van der Waals surface area contributed by atoms with E-state index in [1.165, 1.54) is 38.1 Å². The van der Waals surface area contributed by atoms with Crippen molar-refractivity contribution in [1.29, 1.82) is 0 Å². The summed E-state index contributed by atoms with van der Waals surface area (Å²) in [5.74, 6) is -3.88. The third-order valence-electron chi connectivity index (χ3n) is 5.12. The summed E-state index contributed by atoms with van der Waals surface area (Å²) in [4.78, 5) is 35.1. The molecule has 190 valence electrons. The van der Waals surface area contributed by atoms with Crippen molar-refractivity contribution in [3.05, 3.63) is 102 Å². The summed E-state index contributed by atoms with van der Waals surface area (Å²) >= 11 is 0. The normalized spacial score (nSPS) is 10.4. The minimum absolute atomic E-state index is 0.155. The minimum Gasteiger partial charge on any atom is -0.459 e. The van der Waals surface area contributed by atoms with Gasteiger partial charge in [-0.1, -0.05) is 49.6 Å². The van der Waals surface area contributed by atoms with Crippen molar-refractivity contribution in [3.8, 4) is 28.0 Å². The molecule has 0 spiro atoms. The Balaban J connectivity index is 1.67. The average molecular weight is 507 g/mol. The Morgan fingerprint density at radius 1 is 0.676 bits per heavy atom. The zero-order chi connectivity index (χ0) is 27.1. The van der Waals surface area contributed by atoms with Crippen molar-refractivity contribution in [1.82, 2.24) is 0 Å². The van der Waals surface area contributed by atoms with E-state index in [2.05, 4.69) is 13.2 Å². The first-order valence-corrected chi connectivity index (χ1v) is 11.1. The molecule has 3 aromatic carbocycles. The molecule has 0 radical (unpaired) electrons. The molecule has 0 aliphatic rings. The van der Waals surface area contributed by atoms with E-state index in [0.29, 0.717) is 22.3 Å². The van der Waals surface area contributed by atoms with E-state index < -0.39 is 29.5 Å².